The highest BCUT2D eigenvalue weighted by molar-refractivity contribution is 5.81. The second-order valence-electron chi connectivity index (χ2n) is 12.4. The number of alkyl halides is 1. The van der Waals surface area contributed by atoms with Gasteiger partial charge in [0.2, 0.25) is 0 Å². The fraction of sp³-hybridized carbons (Fsp3) is 0.562. The van der Waals surface area contributed by atoms with Gasteiger partial charge in [0, 0.05) is 17.3 Å². The molecule has 0 radical (unpaired) electrons. The van der Waals surface area contributed by atoms with Gasteiger partial charge in [0.1, 0.15) is 5.67 Å². The Morgan fingerprint density at radius 3 is 2.24 bits per heavy atom. The van der Waals surface area contributed by atoms with Gasteiger partial charge in [-0.1, -0.05) is 70.5 Å². The molecule has 0 amide bonds. The Bertz CT molecular complexity index is 1050. The molecule has 182 valence electrons. The molecule has 1 aliphatic heterocycles. The summed E-state index contributed by atoms with van der Waals surface area (Å²) in [6, 6.07) is 8.00. The fourth-order valence-electron chi connectivity index (χ4n) is 7.18. The smallest absolute Gasteiger partial charge is 0.130 e. The van der Waals surface area contributed by atoms with Gasteiger partial charge in [-0.3, -0.25) is 0 Å². The van der Waals surface area contributed by atoms with Gasteiger partial charge in [-0.25, -0.2) is 4.39 Å². The number of rotatable bonds is 5. The zero-order valence-corrected chi connectivity index (χ0v) is 21.7. The predicted octanol–water partition coefficient (Wildman–Crippen LogP) is 9.00. The van der Waals surface area contributed by atoms with Gasteiger partial charge in [0.15, 0.2) is 0 Å². The quantitative estimate of drug-likeness (QED) is 0.463. The molecule has 1 unspecified atom stereocenters. The minimum Gasteiger partial charge on any atom is -0.362 e. The lowest BCUT2D eigenvalue weighted by Gasteiger charge is -2.51. The summed E-state index contributed by atoms with van der Waals surface area (Å²) in [6.07, 6.45) is 11.6. The van der Waals surface area contributed by atoms with E-state index >= 15 is 0 Å². The van der Waals surface area contributed by atoms with Crippen molar-refractivity contribution in [2.45, 2.75) is 91.2 Å². The number of dihydropyridines is 1. The minimum absolute atomic E-state index is 0.380. The molecule has 2 fully saturated rings. The third kappa shape index (κ3) is 4.01. The first kappa shape index (κ1) is 23.6. The monoisotopic (exact) mass is 459 g/mol. The topological polar surface area (TPSA) is 12.0 Å². The number of allylic oxidation sites excluding steroid dienone is 6. The van der Waals surface area contributed by atoms with Crippen LogP contribution in [-0.2, 0) is 5.67 Å². The van der Waals surface area contributed by atoms with Crippen molar-refractivity contribution < 1.29 is 4.39 Å². The molecule has 4 aliphatic rings. The molecule has 1 atom stereocenters. The molecule has 1 aromatic carbocycles. The zero-order chi connectivity index (χ0) is 24.3. The number of benzene rings is 1. The van der Waals surface area contributed by atoms with Crippen molar-refractivity contribution >= 4 is 5.57 Å². The molecule has 2 saturated carbocycles. The van der Waals surface area contributed by atoms with Gasteiger partial charge in [-0.05, 0) is 103 Å². The van der Waals surface area contributed by atoms with E-state index in [1.807, 2.05) is 12.1 Å². The molecule has 34 heavy (non-hydrogen) atoms. The second kappa shape index (κ2) is 8.54. The third-order valence-corrected chi connectivity index (χ3v) is 9.15. The maximum absolute atomic E-state index is 14.5. The lowest BCUT2D eigenvalue weighted by Crippen LogP contribution is -2.42. The molecule has 5 rings (SSSR count). The van der Waals surface area contributed by atoms with E-state index in [-0.39, 0.29) is 0 Å². The van der Waals surface area contributed by atoms with Gasteiger partial charge >= 0.3 is 0 Å². The summed E-state index contributed by atoms with van der Waals surface area (Å²) in [7, 11) is 0. The van der Waals surface area contributed by atoms with Crippen molar-refractivity contribution in [1.82, 2.24) is 5.32 Å². The largest absolute Gasteiger partial charge is 0.362 e. The van der Waals surface area contributed by atoms with Crippen LogP contribution in [0.25, 0.3) is 5.57 Å². The van der Waals surface area contributed by atoms with Gasteiger partial charge in [-0.2, -0.15) is 0 Å². The molecular formula is C32H42FN. The van der Waals surface area contributed by atoms with Crippen LogP contribution in [0.15, 0.2) is 65.5 Å². The van der Waals surface area contributed by atoms with E-state index in [4.69, 9.17) is 0 Å². The van der Waals surface area contributed by atoms with Crippen molar-refractivity contribution in [3.8, 4) is 0 Å². The Hall–Kier alpha value is -2.09. The highest BCUT2D eigenvalue weighted by atomic mass is 19.1. The van der Waals surface area contributed by atoms with Crippen molar-refractivity contribution in [2.24, 2.45) is 23.2 Å². The molecule has 2 heteroatoms. The van der Waals surface area contributed by atoms with Gasteiger partial charge < -0.3 is 5.32 Å². The number of halogens is 1. The van der Waals surface area contributed by atoms with Crippen LogP contribution in [0.3, 0.4) is 0 Å². The summed E-state index contributed by atoms with van der Waals surface area (Å²) in [5.41, 5.74) is 9.10. The first-order valence-corrected chi connectivity index (χ1v) is 13.5. The van der Waals surface area contributed by atoms with E-state index < -0.39 is 5.67 Å². The van der Waals surface area contributed by atoms with Crippen LogP contribution in [0.1, 0.15) is 96.6 Å². The van der Waals surface area contributed by atoms with Crippen LogP contribution >= 0.6 is 0 Å². The Morgan fingerprint density at radius 1 is 1.06 bits per heavy atom. The maximum Gasteiger partial charge on any atom is 0.130 e. The third-order valence-electron chi connectivity index (χ3n) is 9.15. The number of nitrogens with one attached hydrogen (secondary N) is 1. The van der Waals surface area contributed by atoms with Gasteiger partial charge in [0.05, 0.1) is 0 Å². The van der Waals surface area contributed by atoms with E-state index in [1.54, 1.807) is 13.8 Å². The normalized spacial score (nSPS) is 25.0. The average molecular weight is 460 g/mol. The first-order chi connectivity index (χ1) is 16.1. The maximum atomic E-state index is 14.5. The second-order valence-corrected chi connectivity index (χ2v) is 12.4. The molecular weight excluding hydrogens is 417 g/mol. The van der Waals surface area contributed by atoms with Gasteiger partial charge in [0.25, 0.3) is 0 Å². The standard InChI is InChI=1S/C32H42FN/c1-20(2)30-28(22(4)23-12-14-25(15-13-23)31(5,6)33)29(24-10-7-8-11-24)27-21(3)18-32(16-9-17-32)19-26(27)34-30/h12-15,20,24,29,34H,3-4,7-11,16-19H2,1-2,5-6H3. The SMILES string of the molecule is C=C1CC2(CCC2)CC2=C1C(C1CCCC1)C(C(=C)c1ccc(C(C)(C)F)cc1)=C(C(C)C)N2. The van der Waals surface area contributed by atoms with E-state index in [2.05, 4.69) is 44.5 Å². The highest BCUT2D eigenvalue weighted by Gasteiger charge is 2.47. The zero-order valence-electron chi connectivity index (χ0n) is 21.7. The van der Waals surface area contributed by atoms with E-state index in [9.17, 15) is 4.39 Å². The van der Waals surface area contributed by atoms with Crippen LogP contribution in [0.2, 0.25) is 0 Å². The fourth-order valence-corrected chi connectivity index (χ4v) is 7.18. The minimum atomic E-state index is -1.34. The summed E-state index contributed by atoms with van der Waals surface area (Å²) in [5.74, 6) is 1.43. The van der Waals surface area contributed by atoms with Crippen LogP contribution < -0.4 is 5.32 Å². The lowest BCUT2D eigenvalue weighted by molar-refractivity contribution is 0.122. The lowest BCUT2D eigenvalue weighted by atomic mass is 9.56. The summed E-state index contributed by atoms with van der Waals surface area (Å²) in [5, 5.41) is 3.98. The Morgan fingerprint density at radius 2 is 1.71 bits per heavy atom. The Kier molecular flexibility index (Phi) is 5.94. The van der Waals surface area contributed by atoms with E-state index in [1.165, 1.54) is 79.5 Å². The van der Waals surface area contributed by atoms with Crippen molar-refractivity contribution in [2.75, 3.05) is 0 Å². The van der Waals surface area contributed by atoms with Crippen LogP contribution in [-0.4, -0.2) is 0 Å². The molecule has 3 aliphatic carbocycles. The summed E-state index contributed by atoms with van der Waals surface area (Å²) >= 11 is 0. The summed E-state index contributed by atoms with van der Waals surface area (Å²) in [6.45, 7) is 17.2. The molecule has 0 bridgehead atoms. The molecule has 1 aromatic rings. The predicted molar refractivity (Wildman–Crippen MR) is 142 cm³/mol. The van der Waals surface area contributed by atoms with E-state index in [0.717, 1.165) is 17.6 Å². The first-order valence-electron chi connectivity index (χ1n) is 13.5. The number of hydrogen-bond donors (Lipinski definition) is 1. The van der Waals surface area contributed by atoms with Crippen molar-refractivity contribution in [3.63, 3.8) is 0 Å². The molecule has 1 spiro atoms. The molecule has 0 aromatic heterocycles. The van der Waals surface area contributed by atoms with Crippen LogP contribution in [0.4, 0.5) is 4.39 Å². The van der Waals surface area contributed by atoms with E-state index in [0.29, 0.717) is 28.7 Å². The van der Waals surface area contributed by atoms with Crippen LogP contribution in [0, 0.1) is 23.2 Å². The highest BCUT2D eigenvalue weighted by Crippen LogP contribution is 2.59. The van der Waals surface area contributed by atoms with Gasteiger partial charge in [-0.15, -0.1) is 0 Å². The number of hydrogen-bond acceptors (Lipinski definition) is 1. The molecule has 1 heterocycles. The Balaban J connectivity index is 1.59. The average Bonchev–Trinajstić information content (AvgIpc) is 3.30. The molecule has 1 nitrogen and oxygen atoms in total. The molecule has 0 saturated heterocycles. The van der Waals surface area contributed by atoms with Crippen molar-refractivity contribution in [3.05, 3.63) is 76.7 Å². The van der Waals surface area contributed by atoms with Crippen LogP contribution in [0.5, 0.6) is 0 Å². The molecule has 1 N–H and O–H groups in total. The Labute approximate surface area is 206 Å². The summed E-state index contributed by atoms with van der Waals surface area (Å²) in [4.78, 5) is 0. The van der Waals surface area contributed by atoms with Crippen molar-refractivity contribution in [1.29, 1.82) is 0 Å². The summed E-state index contributed by atoms with van der Waals surface area (Å²) < 4.78 is 14.5.